The Balaban J connectivity index is 2.73. The Morgan fingerprint density at radius 1 is 1.60 bits per heavy atom. The molecule has 10 heavy (non-hydrogen) atoms. The third-order valence-electron chi connectivity index (χ3n) is 1.79. The maximum atomic E-state index is 7.28. The minimum Gasteiger partial charge on any atom is -0.270 e. The van der Waals surface area contributed by atoms with Crippen LogP contribution >= 0.6 is 0 Å². The molecule has 0 N–H and O–H groups in total. The number of hydrogen-bond donors (Lipinski definition) is 0. The Morgan fingerprint density at radius 3 is 2.70 bits per heavy atom. The van der Waals surface area contributed by atoms with Crippen LogP contribution < -0.4 is 0 Å². The number of hydrogen-bond acceptors (Lipinski definition) is 1. The molecular weight excluding hydrogens is 124 g/mol. The van der Waals surface area contributed by atoms with E-state index in [-0.39, 0.29) is 0 Å². The molecule has 0 saturated heterocycles. The summed E-state index contributed by atoms with van der Waals surface area (Å²) in [6.45, 7) is 4.28. The lowest BCUT2D eigenvalue weighted by molar-refractivity contribution is 0.428. The Bertz CT molecular complexity index is 216. The van der Waals surface area contributed by atoms with Crippen LogP contribution in [0, 0.1) is 0 Å². The summed E-state index contributed by atoms with van der Waals surface area (Å²) in [6, 6.07) is 0.964. The number of nitrogens with zero attached hydrogens (tertiary/aromatic N) is 2. The summed E-state index contributed by atoms with van der Waals surface area (Å²) in [5.41, 5.74) is 0. The van der Waals surface area contributed by atoms with Crippen LogP contribution in [0.4, 0.5) is 0 Å². The van der Waals surface area contributed by atoms with E-state index in [0.717, 1.165) is 12.8 Å². The minimum absolute atomic E-state index is 0.467. The van der Waals surface area contributed by atoms with E-state index in [1.807, 2.05) is 4.68 Å². The van der Waals surface area contributed by atoms with Crippen molar-refractivity contribution in [3.05, 3.63) is 18.4 Å². The van der Waals surface area contributed by atoms with Crippen LogP contribution in [0.5, 0.6) is 0 Å². The van der Waals surface area contributed by atoms with E-state index in [2.05, 4.69) is 18.9 Å². The molecule has 0 aliphatic carbocycles. The summed E-state index contributed by atoms with van der Waals surface area (Å²) < 4.78 is 9.15. The van der Waals surface area contributed by atoms with E-state index >= 15 is 0 Å². The van der Waals surface area contributed by atoms with E-state index in [4.69, 9.17) is 1.37 Å². The van der Waals surface area contributed by atoms with Gasteiger partial charge in [0.25, 0.3) is 0 Å². The number of aromatic nitrogens is 2. The molecule has 2 nitrogen and oxygen atoms in total. The summed E-state index contributed by atoms with van der Waals surface area (Å²) in [6.07, 6.45) is 5.52. The lowest BCUT2D eigenvalue weighted by Gasteiger charge is -2.11. The molecule has 0 aliphatic rings. The first-order valence-electron chi connectivity index (χ1n) is 4.28. The van der Waals surface area contributed by atoms with Crippen molar-refractivity contribution in [2.75, 3.05) is 0 Å². The Hall–Kier alpha value is -0.790. The smallest absolute Gasteiger partial charge is 0.0656 e. The van der Waals surface area contributed by atoms with Crippen molar-refractivity contribution in [2.45, 2.75) is 32.7 Å². The van der Waals surface area contributed by atoms with Crippen LogP contribution in [-0.4, -0.2) is 9.78 Å². The van der Waals surface area contributed by atoms with Gasteiger partial charge in [0.2, 0.25) is 0 Å². The van der Waals surface area contributed by atoms with Crippen molar-refractivity contribution in [1.29, 1.82) is 0 Å². The zero-order chi connectivity index (χ0) is 8.27. The molecule has 0 bridgehead atoms. The van der Waals surface area contributed by atoms with E-state index in [0.29, 0.717) is 12.1 Å². The highest BCUT2D eigenvalue weighted by atomic mass is 15.3. The van der Waals surface area contributed by atoms with Gasteiger partial charge in [0.1, 0.15) is 0 Å². The van der Waals surface area contributed by atoms with Gasteiger partial charge in [0.05, 0.1) is 7.41 Å². The van der Waals surface area contributed by atoms with Crippen LogP contribution in [0.1, 0.15) is 34.1 Å². The molecule has 0 fully saturated rings. The fraction of sp³-hybridized carbons (Fsp3) is 0.625. The van der Waals surface area contributed by atoms with Crippen LogP contribution in [0.2, 0.25) is 0 Å². The number of rotatable bonds is 3. The molecule has 0 radical (unpaired) electrons. The van der Waals surface area contributed by atoms with E-state index < -0.39 is 0 Å². The van der Waals surface area contributed by atoms with Crippen LogP contribution in [0.15, 0.2) is 18.4 Å². The predicted octanol–water partition coefficient (Wildman–Crippen LogP) is 2.24. The quantitative estimate of drug-likeness (QED) is 0.628. The van der Waals surface area contributed by atoms with Gasteiger partial charge in [-0.05, 0) is 18.9 Å². The van der Waals surface area contributed by atoms with Crippen molar-refractivity contribution < 1.29 is 1.37 Å². The van der Waals surface area contributed by atoms with Gasteiger partial charge in [-0.25, -0.2) is 0 Å². The first-order valence-corrected chi connectivity index (χ1v) is 3.78. The fourth-order valence-corrected chi connectivity index (χ4v) is 1.11. The van der Waals surface area contributed by atoms with Gasteiger partial charge in [0.15, 0.2) is 0 Å². The fourth-order valence-electron chi connectivity index (χ4n) is 1.11. The molecule has 1 aromatic heterocycles. The molecule has 0 atom stereocenters. The standard InChI is InChI=1S/C8H14N2/c1-3-8(4-2)10-7-5-6-9-10/h5-8H,3-4H2,1-2H3/i5D. The average molecular weight is 139 g/mol. The minimum atomic E-state index is 0.467. The zero-order valence-corrected chi connectivity index (χ0v) is 6.54. The van der Waals surface area contributed by atoms with Gasteiger partial charge in [0, 0.05) is 12.4 Å². The molecule has 1 heterocycles. The van der Waals surface area contributed by atoms with Crippen molar-refractivity contribution in [3.63, 3.8) is 0 Å². The lowest BCUT2D eigenvalue weighted by Crippen LogP contribution is -2.06. The average Bonchev–Trinajstić information content (AvgIpc) is 2.39. The van der Waals surface area contributed by atoms with E-state index in [1.54, 1.807) is 12.4 Å². The van der Waals surface area contributed by atoms with Gasteiger partial charge in [-0.15, -0.1) is 0 Å². The Labute approximate surface area is 63.3 Å². The molecule has 0 aliphatic heterocycles. The van der Waals surface area contributed by atoms with Crippen LogP contribution in [-0.2, 0) is 0 Å². The van der Waals surface area contributed by atoms with Crippen molar-refractivity contribution >= 4 is 0 Å². The SMILES string of the molecule is [2H]c1cnn(C(CC)CC)c1. The van der Waals surface area contributed by atoms with Gasteiger partial charge in [-0.1, -0.05) is 13.8 Å². The normalized spacial score (nSPS) is 12.1. The predicted molar refractivity (Wildman–Crippen MR) is 41.8 cm³/mol. The summed E-state index contributed by atoms with van der Waals surface area (Å²) in [4.78, 5) is 0. The largest absolute Gasteiger partial charge is 0.270 e. The van der Waals surface area contributed by atoms with Crippen molar-refractivity contribution in [3.8, 4) is 0 Å². The first kappa shape index (κ1) is 5.96. The van der Waals surface area contributed by atoms with E-state index in [1.165, 1.54) is 0 Å². The van der Waals surface area contributed by atoms with Crippen LogP contribution in [0.25, 0.3) is 0 Å². The topological polar surface area (TPSA) is 17.8 Å². The molecule has 0 aromatic carbocycles. The lowest BCUT2D eigenvalue weighted by atomic mass is 10.2. The molecule has 0 amide bonds. The maximum absolute atomic E-state index is 7.28. The molecule has 1 aromatic rings. The summed E-state index contributed by atoms with van der Waals surface area (Å²) >= 11 is 0. The summed E-state index contributed by atoms with van der Waals surface area (Å²) in [7, 11) is 0. The van der Waals surface area contributed by atoms with Gasteiger partial charge >= 0.3 is 0 Å². The first-order chi connectivity index (χ1) is 5.27. The molecule has 0 spiro atoms. The van der Waals surface area contributed by atoms with Gasteiger partial charge < -0.3 is 0 Å². The summed E-state index contributed by atoms with van der Waals surface area (Å²) in [5, 5.41) is 4.09. The zero-order valence-electron chi connectivity index (χ0n) is 7.54. The second-order valence-electron chi connectivity index (χ2n) is 2.39. The van der Waals surface area contributed by atoms with Gasteiger partial charge in [-0.3, -0.25) is 4.68 Å². The molecule has 1 rings (SSSR count). The van der Waals surface area contributed by atoms with Crippen molar-refractivity contribution in [1.82, 2.24) is 9.78 Å². The second-order valence-corrected chi connectivity index (χ2v) is 2.39. The highest BCUT2D eigenvalue weighted by Gasteiger charge is 2.03. The van der Waals surface area contributed by atoms with Gasteiger partial charge in [-0.2, -0.15) is 5.10 Å². The third-order valence-corrected chi connectivity index (χ3v) is 1.79. The monoisotopic (exact) mass is 139 g/mol. The highest BCUT2D eigenvalue weighted by molar-refractivity contribution is 4.80. The Morgan fingerprint density at radius 2 is 2.30 bits per heavy atom. The van der Waals surface area contributed by atoms with Crippen LogP contribution in [0.3, 0.4) is 0 Å². The third kappa shape index (κ3) is 1.38. The molecule has 0 saturated carbocycles. The highest BCUT2D eigenvalue weighted by Crippen LogP contribution is 2.12. The Kier molecular flexibility index (Phi) is 2.02. The van der Waals surface area contributed by atoms with E-state index in [9.17, 15) is 0 Å². The molecular formula is C8H14N2. The van der Waals surface area contributed by atoms with Crippen molar-refractivity contribution in [2.24, 2.45) is 0 Å². The second kappa shape index (κ2) is 3.40. The summed E-state index contributed by atoms with van der Waals surface area (Å²) in [5.74, 6) is 0. The maximum Gasteiger partial charge on any atom is 0.0656 e. The molecule has 56 valence electrons. The molecule has 0 unspecified atom stereocenters. The molecule has 2 heteroatoms.